The highest BCUT2D eigenvalue weighted by atomic mass is 35.5. The maximum absolute atomic E-state index is 5.91. The first-order chi connectivity index (χ1) is 14.8. The fourth-order valence-electron chi connectivity index (χ4n) is 4.02. The molecule has 0 radical (unpaired) electrons. The van der Waals surface area contributed by atoms with E-state index in [0.29, 0.717) is 11.8 Å². The SMILES string of the molecule is ClCCN(CCCl)c1ccc(C=NNc2c3c(nc4ccccc24)CCCC3)cc1. The number of alkyl halides is 2. The summed E-state index contributed by atoms with van der Waals surface area (Å²) in [5, 5.41) is 5.69. The number of para-hydroxylation sites is 1. The maximum Gasteiger partial charge on any atom is 0.0726 e. The quantitative estimate of drug-likeness (QED) is 0.271. The highest BCUT2D eigenvalue weighted by molar-refractivity contribution is 6.18. The number of aryl methyl sites for hydroxylation is 1. The average molecular weight is 441 g/mol. The molecule has 4 rings (SSSR count). The number of aromatic nitrogens is 1. The van der Waals surface area contributed by atoms with Gasteiger partial charge in [0.2, 0.25) is 0 Å². The van der Waals surface area contributed by atoms with Gasteiger partial charge in [0.05, 0.1) is 17.4 Å². The second-order valence-electron chi connectivity index (χ2n) is 7.46. The first-order valence-electron chi connectivity index (χ1n) is 10.5. The minimum atomic E-state index is 0.578. The van der Waals surface area contributed by atoms with E-state index in [4.69, 9.17) is 28.2 Å². The van der Waals surface area contributed by atoms with Crippen molar-refractivity contribution in [1.82, 2.24) is 4.98 Å². The van der Waals surface area contributed by atoms with Gasteiger partial charge in [-0.15, -0.1) is 23.2 Å². The Morgan fingerprint density at radius 2 is 1.70 bits per heavy atom. The molecule has 1 aromatic heterocycles. The van der Waals surface area contributed by atoms with E-state index < -0.39 is 0 Å². The van der Waals surface area contributed by atoms with Crippen LogP contribution in [0, 0.1) is 0 Å². The van der Waals surface area contributed by atoms with Crippen molar-refractivity contribution >= 4 is 51.7 Å². The largest absolute Gasteiger partial charge is 0.369 e. The maximum atomic E-state index is 5.91. The van der Waals surface area contributed by atoms with Crippen molar-refractivity contribution in [1.29, 1.82) is 0 Å². The minimum absolute atomic E-state index is 0.578. The van der Waals surface area contributed by atoms with Gasteiger partial charge in [-0.25, -0.2) is 0 Å². The van der Waals surface area contributed by atoms with E-state index in [2.05, 4.69) is 57.9 Å². The lowest BCUT2D eigenvalue weighted by Gasteiger charge is -2.22. The van der Waals surface area contributed by atoms with Crippen molar-refractivity contribution in [3.63, 3.8) is 0 Å². The van der Waals surface area contributed by atoms with Crippen LogP contribution >= 0.6 is 23.2 Å². The summed E-state index contributed by atoms with van der Waals surface area (Å²) in [5.74, 6) is 1.16. The standard InChI is InChI=1S/C24H26Cl2N4/c25-13-15-30(16-14-26)19-11-9-18(10-12-19)17-27-29-24-20-5-1-3-7-22(20)28-23-8-4-2-6-21(23)24/h1,3,5,7,9-12,17H,2,4,6,8,13-16H2,(H,28,29). The highest BCUT2D eigenvalue weighted by Gasteiger charge is 2.17. The monoisotopic (exact) mass is 440 g/mol. The van der Waals surface area contributed by atoms with Gasteiger partial charge in [0.15, 0.2) is 0 Å². The molecule has 1 aliphatic carbocycles. The van der Waals surface area contributed by atoms with Crippen LogP contribution in [-0.4, -0.2) is 36.0 Å². The molecule has 1 heterocycles. The number of fused-ring (bicyclic) bond motifs is 2. The third-order valence-corrected chi connectivity index (χ3v) is 5.86. The molecule has 0 atom stereocenters. The molecular formula is C24H26Cl2N4. The van der Waals surface area contributed by atoms with E-state index in [1.165, 1.54) is 24.1 Å². The summed E-state index contributed by atoms with van der Waals surface area (Å²) in [4.78, 5) is 7.07. The van der Waals surface area contributed by atoms with Crippen LogP contribution in [0.1, 0.15) is 29.7 Å². The molecule has 0 aliphatic heterocycles. The second-order valence-corrected chi connectivity index (χ2v) is 8.22. The number of hydrazone groups is 1. The highest BCUT2D eigenvalue weighted by Crippen LogP contribution is 2.33. The van der Waals surface area contributed by atoms with Crippen LogP contribution in [-0.2, 0) is 12.8 Å². The Morgan fingerprint density at radius 3 is 2.47 bits per heavy atom. The van der Waals surface area contributed by atoms with E-state index in [0.717, 1.165) is 53.8 Å². The molecule has 2 aromatic carbocycles. The van der Waals surface area contributed by atoms with Gasteiger partial charge in [-0.3, -0.25) is 10.4 Å². The smallest absolute Gasteiger partial charge is 0.0726 e. The van der Waals surface area contributed by atoms with Crippen LogP contribution < -0.4 is 10.3 Å². The number of benzene rings is 2. The summed E-state index contributed by atoms with van der Waals surface area (Å²) in [6.07, 6.45) is 6.37. The number of hydrogen-bond acceptors (Lipinski definition) is 4. The zero-order valence-corrected chi connectivity index (χ0v) is 18.5. The summed E-state index contributed by atoms with van der Waals surface area (Å²) in [7, 11) is 0. The number of nitrogens with one attached hydrogen (secondary N) is 1. The van der Waals surface area contributed by atoms with Gasteiger partial charge in [0, 0.05) is 41.6 Å². The fourth-order valence-corrected chi connectivity index (χ4v) is 4.42. The molecule has 1 N–H and O–H groups in total. The Labute approximate surface area is 187 Å². The van der Waals surface area contributed by atoms with Crippen molar-refractivity contribution in [2.75, 3.05) is 35.2 Å². The Hall–Kier alpha value is -2.30. The fraction of sp³-hybridized carbons (Fsp3) is 0.333. The van der Waals surface area contributed by atoms with E-state index in [1.807, 2.05) is 12.3 Å². The van der Waals surface area contributed by atoms with Crippen molar-refractivity contribution in [2.24, 2.45) is 5.10 Å². The first-order valence-corrected chi connectivity index (χ1v) is 11.5. The van der Waals surface area contributed by atoms with Crippen LogP contribution in [0.15, 0.2) is 53.6 Å². The number of anilines is 2. The predicted molar refractivity (Wildman–Crippen MR) is 130 cm³/mol. The lowest BCUT2D eigenvalue weighted by molar-refractivity contribution is 0.672. The Bertz CT molecular complexity index is 1010. The zero-order chi connectivity index (χ0) is 20.8. The summed E-state index contributed by atoms with van der Waals surface area (Å²) in [5.41, 5.74) is 10.1. The van der Waals surface area contributed by atoms with Crippen molar-refractivity contribution in [2.45, 2.75) is 25.7 Å². The molecule has 0 bridgehead atoms. The molecule has 3 aromatic rings. The molecule has 0 amide bonds. The van der Waals surface area contributed by atoms with Crippen molar-refractivity contribution < 1.29 is 0 Å². The van der Waals surface area contributed by atoms with Gasteiger partial charge in [-0.1, -0.05) is 30.3 Å². The van der Waals surface area contributed by atoms with Crippen LogP contribution in [0.4, 0.5) is 11.4 Å². The lowest BCUT2D eigenvalue weighted by Crippen LogP contribution is -2.27. The van der Waals surface area contributed by atoms with E-state index in [1.54, 1.807) is 0 Å². The van der Waals surface area contributed by atoms with Crippen LogP contribution in [0.5, 0.6) is 0 Å². The van der Waals surface area contributed by atoms with Gasteiger partial charge in [-0.05, 0) is 55.0 Å². The molecule has 0 fully saturated rings. The molecule has 0 saturated carbocycles. The minimum Gasteiger partial charge on any atom is -0.369 e. The van der Waals surface area contributed by atoms with Crippen molar-refractivity contribution in [3.8, 4) is 0 Å². The molecule has 156 valence electrons. The van der Waals surface area contributed by atoms with Crippen LogP contribution in [0.3, 0.4) is 0 Å². The van der Waals surface area contributed by atoms with Gasteiger partial charge >= 0.3 is 0 Å². The molecule has 0 saturated heterocycles. The molecule has 0 unspecified atom stereocenters. The van der Waals surface area contributed by atoms with Crippen LogP contribution in [0.2, 0.25) is 0 Å². The summed E-state index contributed by atoms with van der Waals surface area (Å²) in [6, 6.07) is 16.6. The topological polar surface area (TPSA) is 40.5 Å². The zero-order valence-electron chi connectivity index (χ0n) is 17.0. The number of nitrogens with zero attached hydrogens (tertiary/aromatic N) is 3. The molecule has 4 nitrogen and oxygen atoms in total. The van der Waals surface area contributed by atoms with Crippen LogP contribution in [0.25, 0.3) is 10.9 Å². The second kappa shape index (κ2) is 10.1. The molecule has 1 aliphatic rings. The van der Waals surface area contributed by atoms with Gasteiger partial charge in [-0.2, -0.15) is 5.10 Å². The van der Waals surface area contributed by atoms with Crippen molar-refractivity contribution in [3.05, 3.63) is 65.4 Å². The third kappa shape index (κ3) is 4.71. The van der Waals surface area contributed by atoms with Gasteiger partial charge in [0.1, 0.15) is 0 Å². The normalized spacial score (nSPS) is 13.5. The number of pyridine rings is 1. The number of rotatable bonds is 8. The number of hydrogen-bond donors (Lipinski definition) is 1. The Kier molecular flexibility index (Phi) is 7.08. The first kappa shape index (κ1) is 21.0. The molecule has 30 heavy (non-hydrogen) atoms. The van der Waals surface area contributed by atoms with Gasteiger partial charge in [0.25, 0.3) is 0 Å². The average Bonchev–Trinajstić information content (AvgIpc) is 2.79. The molecular weight excluding hydrogens is 415 g/mol. The summed E-state index contributed by atoms with van der Waals surface area (Å²) >= 11 is 11.8. The van der Waals surface area contributed by atoms with Gasteiger partial charge < -0.3 is 4.90 Å². The third-order valence-electron chi connectivity index (χ3n) is 5.53. The molecule has 6 heteroatoms. The predicted octanol–water partition coefficient (Wildman–Crippen LogP) is 5.84. The summed E-state index contributed by atoms with van der Waals surface area (Å²) in [6.45, 7) is 1.56. The lowest BCUT2D eigenvalue weighted by atomic mass is 9.93. The summed E-state index contributed by atoms with van der Waals surface area (Å²) < 4.78 is 0. The van der Waals surface area contributed by atoms with E-state index in [9.17, 15) is 0 Å². The Balaban J connectivity index is 1.54. The number of halogens is 2. The van der Waals surface area contributed by atoms with E-state index >= 15 is 0 Å². The Morgan fingerprint density at radius 1 is 0.967 bits per heavy atom. The molecule has 0 spiro atoms. The van der Waals surface area contributed by atoms with E-state index in [-0.39, 0.29) is 0 Å².